The summed E-state index contributed by atoms with van der Waals surface area (Å²) in [5, 5.41) is 0. The van der Waals surface area contributed by atoms with Crippen LogP contribution >= 0.6 is 0 Å². The van der Waals surface area contributed by atoms with Crippen molar-refractivity contribution in [3.05, 3.63) is 29.3 Å². The van der Waals surface area contributed by atoms with Gasteiger partial charge in [0.25, 0.3) is 0 Å². The first-order chi connectivity index (χ1) is 10.2. The monoisotopic (exact) mass is 288 g/mol. The third-order valence-electron chi connectivity index (χ3n) is 5.04. The zero-order valence-electron chi connectivity index (χ0n) is 13.4. The van der Waals surface area contributed by atoms with Crippen LogP contribution in [0.1, 0.15) is 23.6 Å². The van der Waals surface area contributed by atoms with Gasteiger partial charge in [0, 0.05) is 58.0 Å². The molecule has 0 aromatic heterocycles. The second kappa shape index (κ2) is 6.34. The Morgan fingerprint density at radius 1 is 1.10 bits per heavy atom. The molecule has 2 aliphatic heterocycles. The Kier molecular flexibility index (Phi) is 4.48. The Morgan fingerprint density at radius 2 is 1.86 bits per heavy atom. The van der Waals surface area contributed by atoms with Crippen molar-refractivity contribution in [2.24, 2.45) is 5.73 Å². The van der Waals surface area contributed by atoms with Crippen LogP contribution in [0.15, 0.2) is 18.2 Å². The zero-order chi connectivity index (χ0) is 14.8. The summed E-state index contributed by atoms with van der Waals surface area (Å²) in [6.45, 7) is 6.41. The summed E-state index contributed by atoms with van der Waals surface area (Å²) in [7, 11) is 4.39. The SMILES string of the molecule is CN1CCN([C@H](CN)c2ccc3c(c2)CCCN3C)CC1. The van der Waals surface area contributed by atoms with Gasteiger partial charge in [-0.15, -0.1) is 0 Å². The summed E-state index contributed by atoms with van der Waals surface area (Å²) < 4.78 is 0. The second-order valence-corrected chi connectivity index (χ2v) is 6.50. The van der Waals surface area contributed by atoms with E-state index in [1.807, 2.05) is 0 Å². The molecule has 0 bridgehead atoms. The van der Waals surface area contributed by atoms with Crippen molar-refractivity contribution >= 4 is 5.69 Å². The van der Waals surface area contributed by atoms with Crippen LogP contribution in [0.25, 0.3) is 0 Å². The molecule has 1 atom stereocenters. The Labute approximate surface area is 128 Å². The first-order valence-electron chi connectivity index (χ1n) is 8.15. The average Bonchev–Trinajstić information content (AvgIpc) is 2.50. The van der Waals surface area contributed by atoms with Crippen LogP contribution in [-0.4, -0.2) is 63.2 Å². The molecule has 0 aliphatic carbocycles. The molecule has 1 aromatic carbocycles. The fraction of sp³-hybridized carbons (Fsp3) is 0.647. The lowest BCUT2D eigenvalue weighted by Gasteiger charge is -2.38. The smallest absolute Gasteiger partial charge is 0.0471 e. The average molecular weight is 288 g/mol. The van der Waals surface area contributed by atoms with Crippen LogP contribution in [0.4, 0.5) is 5.69 Å². The summed E-state index contributed by atoms with van der Waals surface area (Å²) in [6.07, 6.45) is 2.46. The van der Waals surface area contributed by atoms with Gasteiger partial charge in [0.15, 0.2) is 0 Å². The molecule has 0 amide bonds. The number of hydrogen-bond donors (Lipinski definition) is 1. The van der Waals surface area contributed by atoms with Gasteiger partial charge in [-0.3, -0.25) is 4.90 Å². The first-order valence-corrected chi connectivity index (χ1v) is 8.15. The number of rotatable bonds is 3. The minimum absolute atomic E-state index is 0.372. The van der Waals surface area contributed by atoms with E-state index in [-0.39, 0.29) is 0 Å². The van der Waals surface area contributed by atoms with Gasteiger partial charge < -0.3 is 15.5 Å². The highest BCUT2D eigenvalue weighted by atomic mass is 15.3. The standard InChI is InChI=1S/C17H28N4/c1-19-8-10-21(11-9-19)17(13-18)15-5-6-16-14(12-15)4-3-7-20(16)2/h5-6,12,17H,3-4,7-11,13,18H2,1-2H3/t17-/m1/s1. The van der Waals surface area contributed by atoms with E-state index in [2.05, 4.69) is 47.0 Å². The van der Waals surface area contributed by atoms with E-state index in [0.29, 0.717) is 12.6 Å². The summed E-state index contributed by atoms with van der Waals surface area (Å²) in [5.41, 5.74) is 10.4. The molecule has 4 nitrogen and oxygen atoms in total. The minimum Gasteiger partial charge on any atom is -0.374 e. The highest BCUT2D eigenvalue weighted by Gasteiger charge is 2.24. The van der Waals surface area contributed by atoms with Gasteiger partial charge in [-0.2, -0.15) is 0 Å². The maximum absolute atomic E-state index is 6.11. The Morgan fingerprint density at radius 3 is 2.57 bits per heavy atom. The fourth-order valence-electron chi connectivity index (χ4n) is 3.64. The summed E-state index contributed by atoms with van der Waals surface area (Å²) in [5.74, 6) is 0. The van der Waals surface area contributed by atoms with Gasteiger partial charge in [-0.25, -0.2) is 0 Å². The van der Waals surface area contributed by atoms with Crippen molar-refractivity contribution in [2.45, 2.75) is 18.9 Å². The lowest BCUT2D eigenvalue weighted by Crippen LogP contribution is -2.47. The van der Waals surface area contributed by atoms with Crippen molar-refractivity contribution in [2.75, 3.05) is 58.3 Å². The molecule has 2 aliphatic rings. The molecular weight excluding hydrogens is 260 g/mol. The molecule has 0 radical (unpaired) electrons. The molecule has 2 N–H and O–H groups in total. The number of benzene rings is 1. The number of hydrogen-bond acceptors (Lipinski definition) is 4. The van der Waals surface area contributed by atoms with Gasteiger partial charge in [-0.05, 0) is 37.1 Å². The number of anilines is 1. The highest BCUT2D eigenvalue weighted by Crippen LogP contribution is 2.30. The van der Waals surface area contributed by atoms with Crippen molar-refractivity contribution in [3.8, 4) is 0 Å². The molecule has 116 valence electrons. The van der Waals surface area contributed by atoms with E-state index in [9.17, 15) is 0 Å². The third kappa shape index (κ3) is 3.07. The maximum Gasteiger partial charge on any atom is 0.0471 e. The summed E-state index contributed by atoms with van der Waals surface area (Å²) >= 11 is 0. The van der Waals surface area contributed by atoms with E-state index in [1.165, 1.54) is 36.2 Å². The number of fused-ring (bicyclic) bond motifs is 1. The number of piperazine rings is 1. The fourth-order valence-corrected chi connectivity index (χ4v) is 3.64. The van der Waals surface area contributed by atoms with Crippen molar-refractivity contribution < 1.29 is 0 Å². The number of aryl methyl sites for hydroxylation is 1. The summed E-state index contributed by atoms with van der Waals surface area (Å²) in [6, 6.07) is 7.36. The largest absolute Gasteiger partial charge is 0.374 e. The molecule has 2 heterocycles. The quantitative estimate of drug-likeness (QED) is 0.910. The molecule has 21 heavy (non-hydrogen) atoms. The van der Waals surface area contributed by atoms with Gasteiger partial charge in [0.2, 0.25) is 0 Å². The second-order valence-electron chi connectivity index (χ2n) is 6.50. The highest BCUT2D eigenvalue weighted by molar-refractivity contribution is 5.56. The normalized spacial score (nSPS) is 22.1. The van der Waals surface area contributed by atoms with Gasteiger partial charge in [0.1, 0.15) is 0 Å². The Hall–Kier alpha value is -1.10. The number of likely N-dealkylation sites (N-methyl/N-ethyl adjacent to an activating group) is 1. The Bertz CT molecular complexity index is 480. The molecular formula is C17H28N4. The van der Waals surface area contributed by atoms with Crippen LogP contribution in [-0.2, 0) is 6.42 Å². The molecule has 1 fully saturated rings. The number of nitrogens with zero attached hydrogens (tertiary/aromatic N) is 3. The molecule has 4 heteroatoms. The Balaban J connectivity index is 1.81. The molecule has 1 aromatic rings. The van der Waals surface area contributed by atoms with Crippen LogP contribution in [0.5, 0.6) is 0 Å². The molecule has 0 saturated carbocycles. The van der Waals surface area contributed by atoms with Crippen LogP contribution in [0, 0.1) is 0 Å². The van der Waals surface area contributed by atoms with E-state index in [4.69, 9.17) is 5.73 Å². The van der Waals surface area contributed by atoms with E-state index < -0.39 is 0 Å². The van der Waals surface area contributed by atoms with Gasteiger partial charge in [-0.1, -0.05) is 12.1 Å². The predicted molar refractivity (Wildman–Crippen MR) is 88.9 cm³/mol. The predicted octanol–water partition coefficient (Wildman–Crippen LogP) is 1.32. The van der Waals surface area contributed by atoms with Crippen molar-refractivity contribution in [1.29, 1.82) is 0 Å². The topological polar surface area (TPSA) is 35.7 Å². The minimum atomic E-state index is 0.372. The lowest BCUT2D eigenvalue weighted by molar-refractivity contribution is 0.114. The maximum atomic E-state index is 6.11. The van der Waals surface area contributed by atoms with E-state index in [1.54, 1.807) is 0 Å². The lowest BCUT2D eigenvalue weighted by atomic mass is 9.95. The van der Waals surface area contributed by atoms with E-state index >= 15 is 0 Å². The molecule has 3 rings (SSSR count). The first kappa shape index (κ1) is 14.8. The molecule has 0 unspecified atom stereocenters. The van der Waals surface area contributed by atoms with Crippen LogP contribution in [0.3, 0.4) is 0 Å². The van der Waals surface area contributed by atoms with Crippen molar-refractivity contribution in [3.63, 3.8) is 0 Å². The van der Waals surface area contributed by atoms with Gasteiger partial charge >= 0.3 is 0 Å². The molecule has 1 saturated heterocycles. The third-order valence-corrected chi connectivity index (χ3v) is 5.04. The van der Waals surface area contributed by atoms with Crippen LogP contribution in [0.2, 0.25) is 0 Å². The van der Waals surface area contributed by atoms with Crippen molar-refractivity contribution in [1.82, 2.24) is 9.80 Å². The van der Waals surface area contributed by atoms with E-state index in [0.717, 1.165) is 26.2 Å². The number of nitrogens with two attached hydrogens (primary N) is 1. The van der Waals surface area contributed by atoms with Gasteiger partial charge in [0.05, 0.1) is 0 Å². The zero-order valence-corrected chi connectivity index (χ0v) is 13.4. The molecule has 0 spiro atoms. The van der Waals surface area contributed by atoms with Crippen LogP contribution < -0.4 is 10.6 Å². The summed E-state index contributed by atoms with van der Waals surface area (Å²) in [4.78, 5) is 7.32.